The zero-order valence-electron chi connectivity index (χ0n) is 8.56. The zero-order chi connectivity index (χ0) is 12.0. The number of hydrogen-bond donors (Lipinski definition) is 1. The molecule has 82 valence electrons. The largest absolute Gasteiger partial charge is 0.328 e. The molecule has 2 aromatic rings. The van der Waals surface area contributed by atoms with Crippen LogP contribution in [-0.4, -0.2) is 21.5 Å². The highest BCUT2D eigenvalue weighted by Gasteiger charge is 2.29. The molecule has 0 radical (unpaired) electrons. The van der Waals surface area contributed by atoms with Crippen LogP contribution in [0.25, 0.3) is 0 Å². The third-order valence-electron chi connectivity index (χ3n) is 2.72. The minimum atomic E-state index is -0.405. The van der Waals surface area contributed by atoms with Crippen molar-refractivity contribution in [3.8, 4) is 0 Å². The number of H-pyrrole nitrogens is 1. The lowest BCUT2D eigenvalue weighted by Crippen LogP contribution is -2.24. The van der Waals surface area contributed by atoms with Crippen LogP contribution < -0.4 is 5.56 Å². The van der Waals surface area contributed by atoms with Gasteiger partial charge < -0.3 is 4.98 Å². The molecule has 1 aliphatic rings. The van der Waals surface area contributed by atoms with Crippen molar-refractivity contribution in [2.45, 2.75) is 0 Å². The van der Waals surface area contributed by atoms with Gasteiger partial charge in [0.1, 0.15) is 0 Å². The summed E-state index contributed by atoms with van der Waals surface area (Å²) in [6.45, 7) is 0. The molecular weight excluding hydrogens is 220 g/mol. The maximum absolute atomic E-state index is 12.1. The first-order valence-corrected chi connectivity index (χ1v) is 4.94. The molecule has 0 unspecified atom stereocenters. The summed E-state index contributed by atoms with van der Waals surface area (Å²) in [4.78, 5) is 41.5. The van der Waals surface area contributed by atoms with Crippen LogP contribution in [0.2, 0.25) is 0 Å². The van der Waals surface area contributed by atoms with E-state index in [4.69, 9.17) is 0 Å². The van der Waals surface area contributed by atoms with E-state index >= 15 is 0 Å². The summed E-state index contributed by atoms with van der Waals surface area (Å²) in [7, 11) is 0. The van der Waals surface area contributed by atoms with E-state index in [0.29, 0.717) is 5.56 Å². The quantitative estimate of drug-likeness (QED) is 0.606. The van der Waals surface area contributed by atoms with Crippen molar-refractivity contribution in [3.63, 3.8) is 0 Å². The standard InChI is InChI=1S/C12H6N2O3/c15-10-3-7-9(5-14-10)11(16)6-1-2-13-4-8(6)12(7)17/h1-5H,(H,14,15). The summed E-state index contributed by atoms with van der Waals surface area (Å²) in [6, 6.07) is 2.65. The number of fused-ring (bicyclic) bond motifs is 2. The van der Waals surface area contributed by atoms with E-state index in [-0.39, 0.29) is 28.3 Å². The van der Waals surface area contributed by atoms with E-state index in [1.807, 2.05) is 0 Å². The Morgan fingerprint density at radius 3 is 2.53 bits per heavy atom. The van der Waals surface area contributed by atoms with Gasteiger partial charge in [0.2, 0.25) is 5.56 Å². The summed E-state index contributed by atoms with van der Waals surface area (Å²) < 4.78 is 0. The van der Waals surface area contributed by atoms with E-state index in [2.05, 4.69) is 9.97 Å². The summed E-state index contributed by atoms with van der Waals surface area (Å²) in [5, 5.41) is 0. The van der Waals surface area contributed by atoms with Gasteiger partial charge in [-0.1, -0.05) is 0 Å². The molecule has 0 bridgehead atoms. The monoisotopic (exact) mass is 226 g/mol. The highest BCUT2D eigenvalue weighted by Crippen LogP contribution is 2.24. The topological polar surface area (TPSA) is 79.9 Å². The van der Waals surface area contributed by atoms with Gasteiger partial charge in [0.15, 0.2) is 11.6 Å². The van der Waals surface area contributed by atoms with Gasteiger partial charge in [-0.15, -0.1) is 0 Å². The molecule has 17 heavy (non-hydrogen) atoms. The third-order valence-corrected chi connectivity index (χ3v) is 2.72. The Morgan fingerprint density at radius 1 is 0.941 bits per heavy atom. The molecule has 0 aliphatic heterocycles. The Balaban J connectivity index is 2.37. The normalized spacial score (nSPS) is 13.2. The molecule has 2 heterocycles. The molecule has 3 rings (SSSR count). The molecule has 0 spiro atoms. The summed E-state index contributed by atoms with van der Waals surface area (Å²) in [5.74, 6) is -0.609. The average molecular weight is 226 g/mol. The van der Waals surface area contributed by atoms with Crippen LogP contribution >= 0.6 is 0 Å². The van der Waals surface area contributed by atoms with Crippen LogP contribution in [0.1, 0.15) is 31.8 Å². The third kappa shape index (κ3) is 1.25. The fourth-order valence-electron chi connectivity index (χ4n) is 1.91. The number of rotatable bonds is 0. The molecule has 0 atom stereocenters. The molecule has 2 aromatic heterocycles. The van der Waals surface area contributed by atoms with Crippen LogP contribution in [0.3, 0.4) is 0 Å². The number of nitrogens with zero attached hydrogens (tertiary/aromatic N) is 1. The number of aromatic amines is 1. The van der Waals surface area contributed by atoms with E-state index in [1.165, 1.54) is 24.7 Å². The molecule has 5 heteroatoms. The summed E-state index contributed by atoms with van der Waals surface area (Å²) in [6.07, 6.45) is 4.08. The predicted octanol–water partition coefficient (Wildman–Crippen LogP) is 0.545. The second-order valence-corrected chi connectivity index (χ2v) is 3.70. The van der Waals surface area contributed by atoms with Gasteiger partial charge in [0.25, 0.3) is 0 Å². The van der Waals surface area contributed by atoms with Gasteiger partial charge in [0.05, 0.1) is 11.1 Å². The van der Waals surface area contributed by atoms with E-state index in [1.54, 1.807) is 0 Å². The smallest absolute Gasteiger partial charge is 0.248 e. The van der Waals surface area contributed by atoms with Crippen LogP contribution in [0.15, 0.2) is 35.5 Å². The van der Waals surface area contributed by atoms with Crippen molar-refractivity contribution in [2.24, 2.45) is 0 Å². The van der Waals surface area contributed by atoms with Crippen molar-refractivity contribution in [2.75, 3.05) is 0 Å². The Kier molecular flexibility index (Phi) is 1.82. The second kappa shape index (κ2) is 3.21. The molecule has 0 amide bonds. The van der Waals surface area contributed by atoms with Crippen molar-refractivity contribution in [1.82, 2.24) is 9.97 Å². The maximum atomic E-state index is 12.1. The lowest BCUT2D eigenvalue weighted by molar-refractivity contribution is 0.0978. The molecule has 1 N–H and O–H groups in total. The maximum Gasteiger partial charge on any atom is 0.248 e. The number of ketones is 2. The van der Waals surface area contributed by atoms with Gasteiger partial charge >= 0.3 is 0 Å². The fourth-order valence-corrected chi connectivity index (χ4v) is 1.91. The first-order valence-electron chi connectivity index (χ1n) is 4.94. The van der Waals surface area contributed by atoms with Gasteiger partial charge in [-0.05, 0) is 6.07 Å². The number of aromatic nitrogens is 2. The minimum absolute atomic E-state index is 0.138. The Morgan fingerprint density at radius 2 is 1.71 bits per heavy atom. The summed E-state index contributed by atoms with van der Waals surface area (Å²) in [5.41, 5.74) is 0.532. The molecule has 0 aromatic carbocycles. The second-order valence-electron chi connectivity index (χ2n) is 3.70. The highest BCUT2D eigenvalue weighted by atomic mass is 16.1. The minimum Gasteiger partial charge on any atom is -0.328 e. The van der Waals surface area contributed by atoms with Crippen LogP contribution in [0.4, 0.5) is 0 Å². The lowest BCUT2D eigenvalue weighted by Gasteiger charge is -2.15. The van der Waals surface area contributed by atoms with Crippen molar-refractivity contribution >= 4 is 11.6 Å². The average Bonchev–Trinajstić information content (AvgIpc) is 2.36. The lowest BCUT2D eigenvalue weighted by atomic mass is 9.86. The zero-order valence-corrected chi connectivity index (χ0v) is 8.56. The fraction of sp³-hybridized carbons (Fsp3) is 0. The molecule has 0 fully saturated rings. The SMILES string of the molecule is O=C1c2ccncc2C(=O)c2cc(=O)[nH]cc21. The van der Waals surface area contributed by atoms with Gasteiger partial charge in [0, 0.05) is 35.8 Å². The van der Waals surface area contributed by atoms with Crippen LogP contribution in [0, 0.1) is 0 Å². The molecular formula is C12H6N2O3. The molecule has 1 aliphatic carbocycles. The van der Waals surface area contributed by atoms with Crippen molar-refractivity contribution in [3.05, 3.63) is 63.3 Å². The first kappa shape index (κ1) is 9.65. The predicted molar refractivity (Wildman–Crippen MR) is 58.2 cm³/mol. The number of carbonyl (C=O) groups excluding carboxylic acids is 2. The van der Waals surface area contributed by atoms with Crippen molar-refractivity contribution < 1.29 is 9.59 Å². The van der Waals surface area contributed by atoms with Gasteiger partial charge in [-0.2, -0.15) is 0 Å². The van der Waals surface area contributed by atoms with Crippen molar-refractivity contribution in [1.29, 1.82) is 0 Å². The Labute approximate surface area is 95.1 Å². The molecule has 0 saturated heterocycles. The van der Waals surface area contributed by atoms with E-state index in [0.717, 1.165) is 6.07 Å². The number of nitrogens with one attached hydrogen (secondary N) is 1. The van der Waals surface area contributed by atoms with E-state index in [9.17, 15) is 14.4 Å². The number of pyridine rings is 2. The van der Waals surface area contributed by atoms with Crippen LogP contribution in [0.5, 0.6) is 0 Å². The van der Waals surface area contributed by atoms with Gasteiger partial charge in [-0.3, -0.25) is 19.4 Å². The van der Waals surface area contributed by atoms with Crippen LogP contribution in [-0.2, 0) is 0 Å². The molecule has 0 saturated carbocycles. The first-order chi connectivity index (χ1) is 8.18. The molecule has 5 nitrogen and oxygen atoms in total. The van der Waals surface area contributed by atoms with E-state index < -0.39 is 5.56 Å². The Hall–Kier alpha value is -2.56. The summed E-state index contributed by atoms with van der Waals surface area (Å²) >= 11 is 0. The number of hydrogen-bond acceptors (Lipinski definition) is 4. The highest BCUT2D eigenvalue weighted by molar-refractivity contribution is 6.28. The van der Waals surface area contributed by atoms with Gasteiger partial charge in [-0.25, -0.2) is 0 Å². The Bertz CT molecular complexity index is 716. The number of carbonyl (C=O) groups is 2.